The summed E-state index contributed by atoms with van der Waals surface area (Å²) in [5, 5.41) is 3.63. The number of rotatable bonds is 3. The van der Waals surface area contributed by atoms with Gasteiger partial charge >= 0.3 is 0 Å². The average Bonchev–Trinajstić information content (AvgIpc) is 2.16. The molecule has 14 heavy (non-hydrogen) atoms. The van der Waals surface area contributed by atoms with Crippen LogP contribution in [0.5, 0.6) is 0 Å². The Bertz CT molecular complexity index is 170. The third-order valence-electron chi connectivity index (χ3n) is 4.33. The maximum atomic E-state index is 3.63. The Labute approximate surface area is 89.7 Å². The summed E-state index contributed by atoms with van der Waals surface area (Å²) >= 11 is 0. The van der Waals surface area contributed by atoms with Crippen molar-refractivity contribution in [3.05, 3.63) is 0 Å². The van der Waals surface area contributed by atoms with Gasteiger partial charge in [-0.15, -0.1) is 0 Å². The first kappa shape index (κ1) is 12.0. The third-order valence-corrected chi connectivity index (χ3v) is 4.33. The zero-order chi connectivity index (χ0) is 10.8. The SMILES string of the molecule is CCC1(NC)CC(C)CCC1C(C)C. The molecule has 1 nitrogen and oxygen atoms in total. The average molecular weight is 197 g/mol. The van der Waals surface area contributed by atoms with E-state index in [1.165, 1.54) is 25.7 Å². The van der Waals surface area contributed by atoms with Gasteiger partial charge in [0.15, 0.2) is 0 Å². The van der Waals surface area contributed by atoms with Gasteiger partial charge in [0.2, 0.25) is 0 Å². The van der Waals surface area contributed by atoms with Crippen molar-refractivity contribution >= 4 is 0 Å². The van der Waals surface area contributed by atoms with E-state index in [1.807, 2.05) is 0 Å². The van der Waals surface area contributed by atoms with Crippen molar-refractivity contribution in [1.29, 1.82) is 0 Å². The lowest BCUT2D eigenvalue weighted by atomic mass is 9.64. The van der Waals surface area contributed by atoms with Gasteiger partial charge in [-0.1, -0.05) is 34.1 Å². The normalized spacial score (nSPS) is 39.0. The number of nitrogens with one attached hydrogen (secondary N) is 1. The molecule has 84 valence electrons. The van der Waals surface area contributed by atoms with E-state index in [1.54, 1.807) is 0 Å². The molecule has 0 saturated heterocycles. The number of hydrogen-bond donors (Lipinski definition) is 1. The number of hydrogen-bond acceptors (Lipinski definition) is 1. The Morgan fingerprint density at radius 2 is 2.00 bits per heavy atom. The minimum Gasteiger partial charge on any atom is -0.314 e. The summed E-state index contributed by atoms with van der Waals surface area (Å²) in [7, 11) is 2.15. The summed E-state index contributed by atoms with van der Waals surface area (Å²) in [4.78, 5) is 0. The predicted molar refractivity (Wildman–Crippen MR) is 63.4 cm³/mol. The summed E-state index contributed by atoms with van der Waals surface area (Å²) in [5.41, 5.74) is 0.422. The van der Waals surface area contributed by atoms with Crippen LogP contribution in [-0.2, 0) is 0 Å². The van der Waals surface area contributed by atoms with Gasteiger partial charge in [-0.2, -0.15) is 0 Å². The molecule has 1 N–H and O–H groups in total. The van der Waals surface area contributed by atoms with Crippen molar-refractivity contribution < 1.29 is 0 Å². The van der Waals surface area contributed by atoms with E-state index in [4.69, 9.17) is 0 Å². The zero-order valence-corrected chi connectivity index (χ0v) is 10.6. The van der Waals surface area contributed by atoms with E-state index >= 15 is 0 Å². The largest absolute Gasteiger partial charge is 0.314 e. The van der Waals surface area contributed by atoms with E-state index in [0.29, 0.717) is 5.54 Å². The van der Waals surface area contributed by atoms with Crippen LogP contribution in [0.4, 0.5) is 0 Å². The Morgan fingerprint density at radius 1 is 1.36 bits per heavy atom. The Hall–Kier alpha value is -0.0400. The van der Waals surface area contributed by atoms with Gasteiger partial charge < -0.3 is 5.32 Å². The molecule has 1 aliphatic carbocycles. The summed E-state index contributed by atoms with van der Waals surface area (Å²) < 4.78 is 0. The van der Waals surface area contributed by atoms with Crippen molar-refractivity contribution in [2.45, 2.75) is 58.9 Å². The van der Waals surface area contributed by atoms with Gasteiger partial charge in [0, 0.05) is 5.54 Å². The lowest BCUT2D eigenvalue weighted by molar-refractivity contribution is 0.0779. The Morgan fingerprint density at radius 3 is 2.43 bits per heavy atom. The topological polar surface area (TPSA) is 12.0 Å². The highest BCUT2D eigenvalue weighted by Gasteiger charge is 2.41. The molecular formula is C13H27N. The van der Waals surface area contributed by atoms with E-state index in [-0.39, 0.29) is 0 Å². The van der Waals surface area contributed by atoms with Gasteiger partial charge in [0.1, 0.15) is 0 Å². The Balaban J connectivity index is 2.81. The van der Waals surface area contributed by atoms with Crippen LogP contribution in [0.15, 0.2) is 0 Å². The minimum absolute atomic E-state index is 0.422. The van der Waals surface area contributed by atoms with Gasteiger partial charge in [-0.3, -0.25) is 0 Å². The molecule has 0 radical (unpaired) electrons. The van der Waals surface area contributed by atoms with Crippen molar-refractivity contribution in [3.63, 3.8) is 0 Å². The van der Waals surface area contributed by atoms with Crippen LogP contribution in [-0.4, -0.2) is 12.6 Å². The molecule has 1 heteroatoms. The quantitative estimate of drug-likeness (QED) is 0.731. The Kier molecular flexibility index (Phi) is 4.00. The highest BCUT2D eigenvalue weighted by Crippen LogP contribution is 2.42. The molecule has 0 aromatic heterocycles. The molecule has 0 amide bonds. The predicted octanol–water partition coefficient (Wildman–Crippen LogP) is 3.45. The fourth-order valence-electron chi connectivity index (χ4n) is 3.46. The van der Waals surface area contributed by atoms with Crippen LogP contribution in [0.1, 0.15) is 53.4 Å². The molecule has 0 aromatic carbocycles. The highest BCUT2D eigenvalue weighted by atomic mass is 15.0. The van der Waals surface area contributed by atoms with Gasteiger partial charge in [0.25, 0.3) is 0 Å². The monoisotopic (exact) mass is 197 g/mol. The molecule has 1 rings (SSSR count). The second kappa shape index (κ2) is 4.65. The third kappa shape index (κ3) is 2.13. The second-order valence-electron chi connectivity index (χ2n) is 5.50. The smallest absolute Gasteiger partial charge is 0.0209 e. The van der Waals surface area contributed by atoms with Gasteiger partial charge in [-0.05, 0) is 44.1 Å². The molecule has 1 fully saturated rings. The van der Waals surface area contributed by atoms with E-state index in [9.17, 15) is 0 Å². The first-order valence-electron chi connectivity index (χ1n) is 6.24. The molecule has 0 heterocycles. The van der Waals surface area contributed by atoms with Crippen LogP contribution >= 0.6 is 0 Å². The fraction of sp³-hybridized carbons (Fsp3) is 1.00. The standard InChI is InChI=1S/C13H27N/c1-6-13(14-5)9-11(4)7-8-12(13)10(2)3/h10-12,14H,6-9H2,1-5H3. The highest BCUT2D eigenvalue weighted by molar-refractivity contribution is 4.98. The first-order valence-corrected chi connectivity index (χ1v) is 6.24. The molecule has 0 aliphatic heterocycles. The van der Waals surface area contributed by atoms with Crippen molar-refractivity contribution in [1.82, 2.24) is 5.32 Å². The molecule has 0 bridgehead atoms. The van der Waals surface area contributed by atoms with E-state index in [2.05, 4.69) is 40.1 Å². The van der Waals surface area contributed by atoms with Crippen LogP contribution in [0.25, 0.3) is 0 Å². The van der Waals surface area contributed by atoms with Crippen molar-refractivity contribution in [2.24, 2.45) is 17.8 Å². The second-order valence-corrected chi connectivity index (χ2v) is 5.50. The molecule has 0 aromatic rings. The van der Waals surface area contributed by atoms with Crippen molar-refractivity contribution in [3.8, 4) is 0 Å². The van der Waals surface area contributed by atoms with Crippen LogP contribution < -0.4 is 5.32 Å². The summed E-state index contributed by atoms with van der Waals surface area (Å²) in [5.74, 6) is 2.58. The molecule has 1 aliphatic rings. The first-order chi connectivity index (χ1) is 6.55. The van der Waals surface area contributed by atoms with Gasteiger partial charge in [-0.25, -0.2) is 0 Å². The molecule has 0 spiro atoms. The van der Waals surface area contributed by atoms with Crippen LogP contribution in [0.2, 0.25) is 0 Å². The van der Waals surface area contributed by atoms with E-state index < -0.39 is 0 Å². The van der Waals surface area contributed by atoms with Crippen LogP contribution in [0.3, 0.4) is 0 Å². The van der Waals surface area contributed by atoms with Gasteiger partial charge in [0.05, 0.1) is 0 Å². The maximum Gasteiger partial charge on any atom is 0.0209 e. The van der Waals surface area contributed by atoms with Crippen molar-refractivity contribution in [2.75, 3.05) is 7.05 Å². The maximum absolute atomic E-state index is 3.63. The van der Waals surface area contributed by atoms with Crippen LogP contribution in [0, 0.1) is 17.8 Å². The fourth-order valence-corrected chi connectivity index (χ4v) is 3.46. The molecule has 3 unspecified atom stereocenters. The lowest BCUT2D eigenvalue weighted by Gasteiger charge is -2.48. The minimum atomic E-state index is 0.422. The lowest BCUT2D eigenvalue weighted by Crippen LogP contribution is -2.54. The molecular weight excluding hydrogens is 170 g/mol. The zero-order valence-electron chi connectivity index (χ0n) is 10.6. The molecule has 3 atom stereocenters. The molecule has 1 saturated carbocycles. The summed E-state index contributed by atoms with van der Waals surface area (Å²) in [6, 6.07) is 0. The summed E-state index contributed by atoms with van der Waals surface area (Å²) in [6.45, 7) is 9.49. The summed E-state index contributed by atoms with van der Waals surface area (Å²) in [6.07, 6.45) is 5.47. The van der Waals surface area contributed by atoms with E-state index in [0.717, 1.165) is 17.8 Å².